The largest absolute Gasteiger partial charge is 0.469 e. The van der Waals surface area contributed by atoms with Gasteiger partial charge in [-0.15, -0.1) is 0 Å². The number of piperidine rings is 1. The quantitative estimate of drug-likeness (QED) is 0.542. The van der Waals surface area contributed by atoms with E-state index in [0.29, 0.717) is 6.42 Å². The van der Waals surface area contributed by atoms with Crippen molar-refractivity contribution in [1.82, 2.24) is 4.90 Å². The Kier molecular flexibility index (Phi) is 6.84. The van der Waals surface area contributed by atoms with Gasteiger partial charge in [0.05, 0.1) is 20.1 Å². The lowest BCUT2D eigenvalue weighted by Crippen LogP contribution is -2.53. The van der Waals surface area contributed by atoms with Crippen molar-refractivity contribution in [2.24, 2.45) is 5.92 Å². The Balaban J connectivity index is 2.76. The number of likely N-dealkylation sites (tertiary alicyclic amines) is 1. The summed E-state index contributed by atoms with van der Waals surface area (Å²) in [5.74, 6) is -1.03. The number of esters is 2. The second-order valence-electron chi connectivity index (χ2n) is 4.98. The number of hydrogen-bond donors (Lipinski definition) is 0. The number of ether oxygens (including phenoxy) is 2. The van der Waals surface area contributed by atoms with E-state index >= 15 is 0 Å². The normalized spacial score (nSPS) is 23.9. The molecule has 1 fully saturated rings. The highest BCUT2D eigenvalue weighted by atomic mass is 16.5. The highest BCUT2D eigenvalue weighted by molar-refractivity contribution is 5.84. The standard InChI is InChI=1S/C14H25NO4/c1-4-5-6-9-15-10-7-8-11(13(16)18-2)12(15)14(17)19-3/h11-12H,4-10H2,1-3H3. The van der Waals surface area contributed by atoms with E-state index in [1.54, 1.807) is 0 Å². The van der Waals surface area contributed by atoms with Gasteiger partial charge in [0.1, 0.15) is 6.04 Å². The third kappa shape index (κ3) is 4.20. The summed E-state index contributed by atoms with van der Waals surface area (Å²) in [6.07, 6.45) is 4.92. The molecule has 0 saturated carbocycles. The van der Waals surface area contributed by atoms with Gasteiger partial charge in [-0.1, -0.05) is 19.8 Å². The molecule has 0 aromatic rings. The number of nitrogens with zero attached hydrogens (tertiary/aromatic N) is 1. The van der Waals surface area contributed by atoms with Crippen molar-refractivity contribution in [3.8, 4) is 0 Å². The second-order valence-corrected chi connectivity index (χ2v) is 4.98. The monoisotopic (exact) mass is 271 g/mol. The van der Waals surface area contributed by atoms with Gasteiger partial charge in [0.2, 0.25) is 0 Å². The van der Waals surface area contributed by atoms with Crippen molar-refractivity contribution in [1.29, 1.82) is 0 Å². The fourth-order valence-electron chi connectivity index (χ4n) is 2.71. The molecule has 5 nitrogen and oxygen atoms in total. The first kappa shape index (κ1) is 16.0. The molecule has 2 atom stereocenters. The van der Waals surface area contributed by atoms with E-state index in [1.165, 1.54) is 14.2 Å². The summed E-state index contributed by atoms with van der Waals surface area (Å²) >= 11 is 0. The minimum absolute atomic E-state index is 0.310. The highest BCUT2D eigenvalue weighted by Crippen LogP contribution is 2.26. The first-order chi connectivity index (χ1) is 9.15. The molecule has 110 valence electrons. The zero-order valence-electron chi connectivity index (χ0n) is 12.2. The molecule has 0 radical (unpaired) electrons. The Bertz CT molecular complexity index is 306. The fraction of sp³-hybridized carbons (Fsp3) is 0.857. The van der Waals surface area contributed by atoms with Gasteiger partial charge in [-0.25, -0.2) is 0 Å². The number of methoxy groups -OCH3 is 2. The molecule has 5 heteroatoms. The summed E-state index contributed by atoms with van der Waals surface area (Å²) in [7, 11) is 2.74. The van der Waals surface area contributed by atoms with E-state index in [9.17, 15) is 9.59 Å². The van der Waals surface area contributed by atoms with Gasteiger partial charge < -0.3 is 9.47 Å². The molecule has 0 aromatic carbocycles. The van der Waals surface area contributed by atoms with Gasteiger partial charge in [0, 0.05) is 0 Å². The van der Waals surface area contributed by atoms with Crippen molar-refractivity contribution in [2.45, 2.75) is 45.1 Å². The van der Waals surface area contributed by atoms with E-state index in [2.05, 4.69) is 11.8 Å². The van der Waals surface area contributed by atoms with E-state index < -0.39 is 12.0 Å². The molecule has 0 spiro atoms. The minimum atomic E-state index is -0.483. The molecule has 0 amide bonds. The van der Waals surface area contributed by atoms with Crippen molar-refractivity contribution in [2.75, 3.05) is 27.3 Å². The maximum Gasteiger partial charge on any atom is 0.323 e. The molecule has 1 aliphatic rings. The predicted molar refractivity (Wildman–Crippen MR) is 71.6 cm³/mol. The third-order valence-electron chi connectivity index (χ3n) is 3.73. The summed E-state index contributed by atoms with van der Waals surface area (Å²) in [4.78, 5) is 25.9. The molecule has 0 bridgehead atoms. The fourth-order valence-corrected chi connectivity index (χ4v) is 2.71. The molecule has 2 unspecified atom stereocenters. The molecule has 1 aliphatic heterocycles. The molecule has 1 heterocycles. The first-order valence-electron chi connectivity index (χ1n) is 7.05. The number of carbonyl (C=O) groups excluding carboxylic acids is 2. The van der Waals surface area contributed by atoms with Crippen LogP contribution in [-0.2, 0) is 19.1 Å². The molecule has 1 saturated heterocycles. The summed E-state index contributed by atoms with van der Waals surface area (Å²) in [6.45, 7) is 3.82. The molecule has 1 rings (SSSR count). The van der Waals surface area contributed by atoms with Gasteiger partial charge >= 0.3 is 11.9 Å². The topological polar surface area (TPSA) is 55.8 Å². The number of rotatable bonds is 6. The lowest BCUT2D eigenvalue weighted by molar-refractivity contribution is -0.162. The Hall–Kier alpha value is -1.10. The third-order valence-corrected chi connectivity index (χ3v) is 3.73. The van der Waals surface area contributed by atoms with Crippen LogP contribution < -0.4 is 0 Å². The first-order valence-corrected chi connectivity index (χ1v) is 7.05. The van der Waals surface area contributed by atoms with E-state index in [0.717, 1.165) is 38.8 Å². The van der Waals surface area contributed by atoms with Crippen LogP contribution in [0.3, 0.4) is 0 Å². The van der Waals surface area contributed by atoms with Crippen LogP contribution in [0.2, 0.25) is 0 Å². The van der Waals surface area contributed by atoms with Gasteiger partial charge in [0.25, 0.3) is 0 Å². The van der Waals surface area contributed by atoms with Crippen LogP contribution in [0.25, 0.3) is 0 Å². The Morgan fingerprint density at radius 1 is 1.16 bits per heavy atom. The van der Waals surface area contributed by atoms with Gasteiger partial charge in [0.15, 0.2) is 0 Å². The van der Waals surface area contributed by atoms with Crippen LogP contribution in [0.4, 0.5) is 0 Å². The number of hydrogen-bond acceptors (Lipinski definition) is 5. The smallest absolute Gasteiger partial charge is 0.323 e. The summed E-state index contributed by atoms with van der Waals surface area (Å²) in [5, 5.41) is 0. The zero-order valence-corrected chi connectivity index (χ0v) is 12.2. The summed E-state index contributed by atoms with van der Waals surface area (Å²) < 4.78 is 9.68. The van der Waals surface area contributed by atoms with Crippen LogP contribution in [0.15, 0.2) is 0 Å². The maximum atomic E-state index is 12.0. The van der Waals surface area contributed by atoms with Gasteiger partial charge in [-0.2, -0.15) is 0 Å². The Morgan fingerprint density at radius 3 is 2.42 bits per heavy atom. The van der Waals surface area contributed by atoms with Crippen molar-refractivity contribution < 1.29 is 19.1 Å². The van der Waals surface area contributed by atoms with Crippen LogP contribution in [0, 0.1) is 5.92 Å². The molecule has 0 aliphatic carbocycles. The van der Waals surface area contributed by atoms with E-state index in [1.807, 2.05) is 0 Å². The predicted octanol–water partition coefficient (Wildman–Crippen LogP) is 1.60. The Labute approximate surface area is 115 Å². The molecular formula is C14H25NO4. The van der Waals surface area contributed by atoms with Crippen LogP contribution in [-0.4, -0.2) is 50.2 Å². The average molecular weight is 271 g/mol. The zero-order chi connectivity index (χ0) is 14.3. The highest BCUT2D eigenvalue weighted by Gasteiger charge is 2.41. The molecule has 0 N–H and O–H groups in total. The molecular weight excluding hydrogens is 246 g/mol. The van der Waals surface area contributed by atoms with E-state index in [-0.39, 0.29) is 11.9 Å². The minimum Gasteiger partial charge on any atom is -0.469 e. The van der Waals surface area contributed by atoms with Crippen molar-refractivity contribution >= 4 is 11.9 Å². The van der Waals surface area contributed by atoms with Crippen molar-refractivity contribution in [3.63, 3.8) is 0 Å². The Morgan fingerprint density at radius 2 is 1.84 bits per heavy atom. The molecule has 19 heavy (non-hydrogen) atoms. The maximum absolute atomic E-state index is 12.0. The van der Waals surface area contributed by atoms with E-state index in [4.69, 9.17) is 9.47 Å². The number of carbonyl (C=O) groups is 2. The second kappa shape index (κ2) is 8.15. The van der Waals surface area contributed by atoms with Gasteiger partial charge in [-0.05, 0) is 32.4 Å². The molecule has 0 aromatic heterocycles. The van der Waals surface area contributed by atoms with Crippen LogP contribution >= 0.6 is 0 Å². The van der Waals surface area contributed by atoms with Crippen molar-refractivity contribution in [3.05, 3.63) is 0 Å². The van der Waals surface area contributed by atoms with Crippen LogP contribution in [0.5, 0.6) is 0 Å². The lowest BCUT2D eigenvalue weighted by atomic mass is 9.88. The summed E-state index contributed by atoms with van der Waals surface area (Å²) in [6, 6.07) is -0.483. The van der Waals surface area contributed by atoms with Gasteiger partial charge in [-0.3, -0.25) is 14.5 Å². The average Bonchev–Trinajstić information content (AvgIpc) is 2.45. The SMILES string of the molecule is CCCCCN1CCCC(C(=O)OC)C1C(=O)OC. The van der Waals surface area contributed by atoms with Crippen LogP contribution in [0.1, 0.15) is 39.0 Å². The summed E-state index contributed by atoms with van der Waals surface area (Å²) in [5.41, 5.74) is 0. The number of unbranched alkanes of at least 4 members (excludes halogenated alkanes) is 2. The lowest BCUT2D eigenvalue weighted by Gasteiger charge is -2.38.